The van der Waals surface area contributed by atoms with Crippen LogP contribution in [0.5, 0.6) is 0 Å². The summed E-state index contributed by atoms with van der Waals surface area (Å²) in [5, 5.41) is 7.25. The first-order valence-corrected chi connectivity index (χ1v) is 11.5. The molecule has 0 spiro atoms. The largest absolute Gasteiger partial charge is 0.346 e. The minimum Gasteiger partial charge on any atom is -0.346 e. The van der Waals surface area contributed by atoms with Gasteiger partial charge in [-0.05, 0) is 54.8 Å². The van der Waals surface area contributed by atoms with Gasteiger partial charge in [0.15, 0.2) is 17.0 Å². The molecule has 0 bridgehead atoms. The van der Waals surface area contributed by atoms with Crippen molar-refractivity contribution in [2.45, 2.75) is 19.3 Å². The van der Waals surface area contributed by atoms with Crippen LogP contribution in [0.15, 0.2) is 61.2 Å². The molecule has 174 valence electrons. The molecule has 5 aromatic rings. The number of pyridine rings is 1. The van der Waals surface area contributed by atoms with Crippen molar-refractivity contribution in [1.29, 1.82) is 0 Å². The van der Waals surface area contributed by atoms with Crippen molar-refractivity contribution in [2.24, 2.45) is 0 Å². The third-order valence-corrected chi connectivity index (χ3v) is 6.03. The van der Waals surface area contributed by atoms with E-state index in [0.29, 0.717) is 28.6 Å². The third kappa shape index (κ3) is 4.33. The van der Waals surface area contributed by atoms with Crippen LogP contribution in [0.1, 0.15) is 18.4 Å². The predicted molar refractivity (Wildman–Crippen MR) is 135 cm³/mol. The molecule has 0 aliphatic carbocycles. The summed E-state index contributed by atoms with van der Waals surface area (Å²) in [4.78, 5) is 40.3. The van der Waals surface area contributed by atoms with Crippen LogP contribution in [0.25, 0.3) is 22.2 Å². The molecule has 10 nitrogen and oxygen atoms in total. The molecule has 1 aliphatic rings. The van der Waals surface area contributed by atoms with E-state index in [1.807, 2.05) is 42.6 Å². The van der Waals surface area contributed by atoms with Crippen LogP contribution in [0.2, 0.25) is 0 Å². The van der Waals surface area contributed by atoms with Gasteiger partial charge in [-0.2, -0.15) is 9.97 Å². The third-order valence-electron chi connectivity index (χ3n) is 6.03. The number of aromatic nitrogens is 6. The number of benzene rings is 1. The summed E-state index contributed by atoms with van der Waals surface area (Å²) < 4.78 is 0. The molecule has 0 radical (unpaired) electrons. The molecular weight excluding hydrogens is 442 g/mol. The van der Waals surface area contributed by atoms with E-state index in [-0.39, 0.29) is 12.3 Å². The zero-order chi connectivity index (χ0) is 23.6. The van der Waals surface area contributed by atoms with Crippen LogP contribution in [0.3, 0.4) is 0 Å². The topological polar surface area (TPSA) is 125 Å². The molecule has 1 saturated heterocycles. The average molecular weight is 466 g/mol. The van der Waals surface area contributed by atoms with Crippen molar-refractivity contribution in [3.8, 4) is 0 Å². The highest BCUT2D eigenvalue weighted by atomic mass is 16.1. The highest BCUT2D eigenvalue weighted by molar-refractivity contribution is 5.95. The molecule has 0 atom stereocenters. The highest BCUT2D eigenvalue weighted by Crippen LogP contribution is 2.26. The summed E-state index contributed by atoms with van der Waals surface area (Å²) >= 11 is 0. The van der Waals surface area contributed by atoms with Gasteiger partial charge in [0, 0.05) is 54.6 Å². The monoisotopic (exact) mass is 465 g/mol. The van der Waals surface area contributed by atoms with Crippen molar-refractivity contribution >= 4 is 51.2 Å². The summed E-state index contributed by atoms with van der Waals surface area (Å²) in [5.41, 5.74) is 4.40. The van der Waals surface area contributed by atoms with Crippen molar-refractivity contribution in [2.75, 3.05) is 28.6 Å². The second kappa shape index (κ2) is 8.98. The Labute approximate surface area is 200 Å². The maximum atomic E-state index is 12.6. The SMILES string of the molecule is O=C(Cc1c[nH]c2ncccc12)Nc1ccc(Nc2nc(N3CCCC3)nc3nccnc23)cc1. The van der Waals surface area contributed by atoms with Gasteiger partial charge in [-0.15, -0.1) is 0 Å². The quantitative estimate of drug-likeness (QED) is 0.346. The number of carbonyl (C=O) groups is 1. The van der Waals surface area contributed by atoms with Crippen LogP contribution in [0, 0.1) is 0 Å². The number of hydrogen-bond donors (Lipinski definition) is 3. The van der Waals surface area contributed by atoms with Gasteiger partial charge in [-0.1, -0.05) is 0 Å². The Balaban J connectivity index is 1.18. The summed E-state index contributed by atoms with van der Waals surface area (Å²) in [5.74, 6) is 1.17. The molecule has 5 heterocycles. The van der Waals surface area contributed by atoms with Gasteiger partial charge in [0.05, 0.1) is 6.42 Å². The highest BCUT2D eigenvalue weighted by Gasteiger charge is 2.18. The maximum absolute atomic E-state index is 12.6. The first-order chi connectivity index (χ1) is 17.2. The lowest BCUT2D eigenvalue weighted by atomic mass is 10.1. The van der Waals surface area contributed by atoms with E-state index in [0.717, 1.165) is 48.2 Å². The molecule has 0 saturated carbocycles. The number of nitrogens with one attached hydrogen (secondary N) is 3. The van der Waals surface area contributed by atoms with E-state index in [1.165, 1.54) is 0 Å². The number of amides is 1. The summed E-state index contributed by atoms with van der Waals surface area (Å²) in [7, 11) is 0. The summed E-state index contributed by atoms with van der Waals surface area (Å²) in [6.45, 7) is 1.88. The molecule has 3 N–H and O–H groups in total. The van der Waals surface area contributed by atoms with Crippen LogP contribution in [0.4, 0.5) is 23.1 Å². The number of rotatable bonds is 6. The molecule has 35 heavy (non-hydrogen) atoms. The smallest absolute Gasteiger partial charge is 0.229 e. The van der Waals surface area contributed by atoms with Gasteiger partial charge >= 0.3 is 0 Å². The number of aromatic amines is 1. The lowest BCUT2D eigenvalue weighted by Gasteiger charge is -2.17. The lowest BCUT2D eigenvalue weighted by Crippen LogP contribution is -2.21. The zero-order valence-electron chi connectivity index (χ0n) is 18.9. The van der Waals surface area contributed by atoms with Crippen LogP contribution in [-0.4, -0.2) is 48.9 Å². The summed E-state index contributed by atoms with van der Waals surface area (Å²) in [6, 6.07) is 11.3. The Morgan fingerprint density at radius 3 is 2.60 bits per heavy atom. The first-order valence-electron chi connectivity index (χ1n) is 11.5. The number of fused-ring (bicyclic) bond motifs is 2. The van der Waals surface area contributed by atoms with Gasteiger partial charge in [0.25, 0.3) is 0 Å². The Bertz CT molecular complexity index is 1510. The van der Waals surface area contributed by atoms with Gasteiger partial charge in [-0.3, -0.25) is 4.79 Å². The second-order valence-electron chi connectivity index (χ2n) is 8.44. The standard InChI is InChI=1S/C25H23N9O/c35-20(14-16-15-29-22-19(16)4-3-9-27-22)30-17-5-7-18(8-6-17)31-24-21-23(28-11-10-26-21)32-25(33-24)34-12-1-2-13-34/h3-11,15H,1-2,12-14H2,(H,27,29)(H,30,35)(H,28,31,32,33). The molecule has 6 rings (SSSR count). The number of H-pyrrole nitrogens is 1. The molecule has 1 amide bonds. The molecule has 0 unspecified atom stereocenters. The maximum Gasteiger partial charge on any atom is 0.229 e. The molecule has 1 fully saturated rings. The van der Waals surface area contributed by atoms with Crippen LogP contribution in [-0.2, 0) is 11.2 Å². The fourth-order valence-electron chi connectivity index (χ4n) is 4.31. The zero-order valence-corrected chi connectivity index (χ0v) is 18.9. The normalized spacial score (nSPS) is 13.4. The lowest BCUT2D eigenvalue weighted by molar-refractivity contribution is -0.115. The molecule has 1 aromatic carbocycles. The van der Waals surface area contributed by atoms with Crippen molar-refractivity contribution in [3.63, 3.8) is 0 Å². The van der Waals surface area contributed by atoms with Crippen LogP contribution >= 0.6 is 0 Å². The number of nitrogens with zero attached hydrogens (tertiary/aromatic N) is 6. The van der Waals surface area contributed by atoms with E-state index in [1.54, 1.807) is 18.6 Å². The van der Waals surface area contributed by atoms with Crippen LogP contribution < -0.4 is 15.5 Å². The Hall–Kier alpha value is -4.60. The van der Waals surface area contributed by atoms with Gasteiger partial charge in [-0.25, -0.2) is 15.0 Å². The fourth-order valence-corrected chi connectivity index (χ4v) is 4.31. The Morgan fingerprint density at radius 1 is 0.943 bits per heavy atom. The van der Waals surface area contributed by atoms with Crippen molar-refractivity contribution in [1.82, 2.24) is 29.9 Å². The van der Waals surface area contributed by atoms with E-state index in [9.17, 15) is 4.79 Å². The van der Waals surface area contributed by atoms with E-state index in [2.05, 4.69) is 40.5 Å². The fraction of sp³-hybridized carbons (Fsp3) is 0.200. The Kier molecular flexibility index (Phi) is 5.38. The number of carbonyl (C=O) groups excluding carboxylic acids is 1. The summed E-state index contributed by atoms with van der Waals surface area (Å²) in [6.07, 6.45) is 9.35. The number of hydrogen-bond acceptors (Lipinski definition) is 8. The van der Waals surface area contributed by atoms with Crippen molar-refractivity contribution < 1.29 is 4.79 Å². The number of anilines is 4. The molecule has 4 aromatic heterocycles. The average Bonchev–Trinajstić information content (AvgIpc) is 3.56. The van der Waals surface area contributed by atoms with Gasteiger partial charge in [0.2, 0.25) is 11.9 Å². The first kappa shape index (κ1) is 21.0. The molecule has 1 aliphatic heterocycles. The van der Waals surface area contributed by atoms with E-state index < -0.39 is 0 Å². The Morgan fingerprint density at radius 2 is 1.74 bits per heavy atom. The van der Waals surface area contributed by atoms with Crippen molar-refractivity contribution in [3.05, 3.63) is 66.7 Å². The molecule has 10 heteroatoms. The minimum absolute atomic E-state index is 0.0946. The van der Waals surface area contributed by atoms with Gasteiger partial charge < -0.3 is 20.5 Å². The minimum atomic E-state index is -0.0946. The second-order valence-corrected chi connectivity index (χ2v) is 8.44. The van der Waals surface area contributed by atoms with E-state index >= 15 is 0 Å². The molecular formula is C25H23N9O. The van der Waals surface area contributed by atoms with E-state index in [4.69, 9.17) is 4.98 Å². The van der Waals surface area contributed by atoms with Gasteiger partial charge in [0.1, 0.15) is 5.65 Å². The predicted octanol–water partition coefficient (Wildman–Crippen LogP) is 3.82.